The maximum absolute atomic E-state index is 11.7. The van der Waals surface area contributed by atoms with E-state index in [1.165, 1.54) is 6.42 Å². The van der Waals surface area contributed by atoms with Crippen molar-refractivity contribution in [1.82, 2.24) is 10.6 Å². The molecule has 2 amide bonds. The van der Waals surface area contributed by atoms with Gasteiger partial charge in [-0.2, -0.15) is 0 Å². The molecule has 3 N–H and O–H groups in total. The first kappa shape index (κ1) is 15.8. The summed E-state index contributed by atoms with van der Waals surface area (Å²) >= 11 is 0. The molecule has 0 saturated heterocycles. The summed E-state index contributed by atoms with van der Waals surface area (Å²) in [5.41, 5.74) is 0. The lowest BCUT2D eigenvalue weighted by Crippen LogP contribution is -2.48. The predicted molar refractivity (Wildman–Crippen MR) is 73.9 cm³/mol. The molecule has 0 radical (unpaired) electrons. The average Bonchev–Trinajstić information content (AvgIpc) is 2.34. The van der Waals surface area contributed by atoms with E-state index in [1.54, 1.807) is 6.92 Å². The van der Waals surface area contributed by atoms with Crippen LogP contribution in [0.3, 0.4) is 0 Å². The van der Waals surface area contributed by atoms with Crippen molar-refractivity contribution in [2.45, 2.75) is 52.5 Å². The highest BCUT2D eigenvalue weighted by molar-refractivity contribution is 5.74. The number of hydrogen-bond acceptors (Lipinski definition) is 2. The first-order chi connectivity index (χ1) is 8.91. The van der Waals surface area contributed by atoms with E-state index in [9.17, 15) is 9.59 Å². The van der Waals surface area contributed by atoms with Crippen LogP contribution in [0.1, 0.15) is 46.5 Å². The van der Waals surface area contributed by atoms with Gasteiger partial charge in [0.15, 0.2) is 0 Å². The standard InChI is InChI=1S/C14H26N2O3/c1-9-5-4-6-12(11(9)3)16-14(19)15-8-7-10(2)13(17)18/h9-12H,4-8H2,1-3H3,(H,17,18)(H2,15,16,19). The molecule has 5 heteroatoms. The zero-order valence-corrected chi connectivity index (χ0v) is 12.1. The molecule has 19 heavy (non-hydrogen) atoms. The molecular formula is C14H26N2O3. The van der Waals surface area contributed by atoms with Gasteiger partial charge in [-0.1, -0.05) is 33.6 Å². The maximum Gasteiger partial charge on any atom is 0.315 e. The van der Waals surface area contributed by atoms with Crippen LogP contribution in [0, 0.1) is 17.8 Å². The first-order valence-corrected chi connectivity index (χ1v) is 7.19. The molecule has 0 spiro atoms. The molecule has 4 unspecified atom stereocenters. The van der Waals surface area contributed by atoms with Crippen LogP contribution in [-0.2, 0) is 4.79 Å². The zero-order chi connectivity index (χ0) is 14.4. The summed E-state index contributed by atoms with van der Waals surface area (Å²) in [5, 5.41) is 14.5. The van der Waals surface area contributed by atoms with Gasteiger partial charge in [-0.25, -0.2) is 4.79 Å². The number of hydrogen-bond donors (Lipinski definition) is 3. The second kappa shape index (κ2) is 7.36. The Hall–Kier alpha value is -1.26. The lowest BCUT2D eigenvalue weighted by molar-refractivity contribution is -0.141. The number of aliphatic carboxylic acids is 1. The van der Waals surface area contributed by atoms with Crippen LogP contribution in [0.25, 0.3) is 0 Å². The van der Waals surface area contributed by atoms with Crippen LogP contribution in [0.5, 0.6) is 0 Å². The Kier molecular flexibility index (Phi) is 6.12. The average molecular weight is 270 g/mol. The van der Waals surface area contributed by atoms with Crippen LogP contribution >= 0.6 is 0 Å². The largest absolute Gasteiger partial charge is 0.481 e. The van der Waals surface area contributed by atoms with Crippen LogP contribution in [-0.4, -0.2) is 29.7 Å². The van der Waals surface area contributed by atoms with E-state index in [4.69, 9.17) is 5.11 Å². The minimum atomic E-state index is -0.822. The van der Waals surface area contributed by atoms with Gasteiger partial charge in [-0.3, -0.25) is 4.79 Å². The Labute approximate surface area is 115 Å². The molecule has 0 aliphatic heterocycles. The number of nitrogens with one attached hydrogen (secondary N) is 2. The second-order valence-electron chi connectivity index (χ2n) is 5.80. The van der Waals surface area contributed by atoms with Crippen molar-refractivity contribution < 1.29 is 14.7 Å². The number of carboxylic acid groups (broad SMARTS) is 1. The van der Waals surface area contributed by atoms with Crippen molar-refractivity contribution in [2.75, 3.05) is 6.54 Å². The summed E-state index contributed by atoms with van der Waals surface area (Å²) in [6, 6.07) is 0.0594. The van der Waals surface area contributed by atoms with E-state index < -0.39 is 11.9 Å². The SMILES string of the molecule is CC(CCNC(=O)NC1CCCC(C)C1C)C(=O)O. The predicted octanol–water partition coefficient (Wildman–Crippen LogP) is 2.22. The quantitative estimate of drug-likeness (QED) is 0.716. The topological polar surface area (TPSA) is 78.4 Å². The van der Waals surface area contributed by atoms with Crippen molar-refractivity contribution in [2.24, 2.45) is 17.8 Å². The second-order valence-corrected chi connectivity index (χ2v) is 5.80. The molecule has 0 aromatic carbocycles. The highest BCUT2D eigenvalue weighted by Crippen LogP contribution is 2.29. The zero-order valence-electron chi connectivity index (χ0n) is 12.1. The van der Waals surface area contributed by atoms with Gasteiger partial charge in [0.2, 0.25) is 0 Å². The third-order valence-corrected chi connectivity index (χ3v) is 4.31. The number of carbonyl (C=O) groups is 2. The summed E-state index contributed by atoms with van der Waals surface area (Å²) in [7, 11) is 0. The first-order valence-electron chi connectivity index (χ1n) is 7.19. The molecule has 0 bridgehead atoms. The van der Waals surface area contributed by atoms with Crippen LogP contribution < -0.4 is 10.6 Å². The molecule has 1 rings (SSSR count). The van der Waals surface area contributed by atoms with Gasteiger partial charge >= 0.3 is 12.0 Å². The van der Waals surface area contributed by atoms with E-state index in [0.717, 1.165) is 12.8 Å². The van der Waals surface area contributed by atoms with Crippen LogP contribution in [0.2, 0.25) is 0 Å². The van der Waals surface area contributed by atoms with E-state index >= 15 is 0 Å². The third-order valence-electron chi connectivity index (χ3n) is 4.31. The normalized spacial score (nSPS) is 28.5. The summed E-state index contributed by atoms with van der Waals surface area (Å²) in [5.74, 6) is -0.102. The lowest BCUT2D eigenvalue weighted by Gasteiger charge is -2.34. The fraction of sp³-hybridized carbons (Fsp3) is 0.857. The van der Waals surface area contributed by atoms with E-state index in [-0.39, 0.29) is 12.1 Å². The van der Waals surface area contributed by atoms with Gasteiger partial charge in [-0.15, -0.1) is 0 Å². The van der Waals surface area contributed by atoms with Crippen LogP contribution in [0.4, 0.5) is 4.79 Å². The van der Waals surface area contributed by atoms with Gasteiger partial charge < -0.3 is 15.7 Å². The Bertz CT molecular complexity index is 320. The minimum absolute atomic E-state index is 0.177. The smallest absolute Gasteiger partial charge is 0.315 e. The monoisotopic (exact) mass is 270 g/mol. The number of amides is 2. The Balaban J connectivity index is 2.25. The minimum Gasteiger partial charge on any atom is -0.481 e. The van der Waals surface area contributed by atoms with Gasteiger partial charge in [-0.05, 0) is 24.7 Å². The third kappa shape index (κ3) is 5.09. The summed E-state index contributed by atoms with van der Waals surface area (Å²) < 4.78 is 0. The van der Waals surface area contributed by atoms with Gasteiger partial charge in [0, 0.05) is 12.6 Å². The van der Waals surface area contributed by atoms with E-state index in [1.807, 2.05) is 0 Å². The number of carboxylic acids is 1. The number of carbonyl (C=O) groups excluding carboxylic acids is 1. The van der Waals surface area contributed by atoms with E-state index in [2.05, 4.69) is 24.5 Å². The van der Waals surface area contributed by atoms with Crippen molar-refractivity contribution in [1.29, 1.82) is 0 Å². The fourth-order valence-corrected chi connectivity index (χ4v) is 2.53. The maximum atomic E-state index is 11.7. The van der Waals surface area contributed by atoms with Gasteiger partial charge in [0.1, 0.15) is 0 Å². The van der Waals surface area contributed by atoms with Gasteiger partial charge in [0.05, 0.1) is 5.92 Å². The fourth-order valence-electron chi connectivity index (χ4n) is 2.53. The Morgan fingerprint density at radius 2 is 2.00 bits per heavy atom. The Morgan fingerprint density at radius 1 is 1.32 bits per heavy atom. The molecule has 1 aliphatic rings. The molecule has 1 aliphatic carbocycles. The van der Waals surface area contributed by atoms with Crippen molar-refractivity contribution in [3.63, 3.8) is 0 Å². The molecular weight excluding hydrogens is 244 g/mol. The molecule has 1 saturated carbocycles. The number of urea groups is 1. The molecule has 110 valence electrons. The number of rotatable bonds is 5. The van der Waals surface area contributed by atoms with E-state index in [0.29, 0.717) is 24.8 Å². The van der Waals surface area contributed by atoms with Crippen molar-refractivity contribution >= 4 is 12.0 Å². The highest BCUT2D eigenvalue weighted by atomic mass is 16.4. The lowest BCUT2D eigenvalue weighted by atomic mass is 9.78. The molecule has 5 nitrogen and oxygen atoms in total. The molecule has 0 heterocycles. The molecule has 4 atom stereocenters. The van der Waals surface area contributed by atoms with Crippen LogP contribution in [0.15, 0.2) is 0 Å². The molecule has 0 aromatic rings. The summed E-state index contributed by atoms with van der Waals surface area (Å²) in [6.07, 6.45) is 3.88. The van der Waals surface area contributed by atoms with Gasteiger partial charge in [0.25, 0.3) is 0 Å². The van der Waals surface area contributed by atoms with Crippen molar-refractivity contribution in [3.05, 3.63) is 0 Å². The molecule has 1 fully saturated rings. The summed E-state index contributed by atoms with van der Waals surface area (Å²) in [4.78, 5) is 22.4. The summed E-state index contributed by atoms with van der Waals surface area (Å²) in [6.45, 7) is 6.45. The Morgan fingerprint density at radius 3 is 2.63 bits per heavy atom. The molecule has 0 aromatic heterocycles. The highest BCUT2D eigenvalue weighted by Gasteiger charge is 2.27. The van der Waals surface area contributed by atoms with Crippen molar-refractivity contribution in [3.8, 4) is 0 Å².